The SMILES string of the molecule is Cc1cnc(NCCCNC(=O)Cc2ccccc2)c(N)c1. The molecule has 0 radical (unpaired) electrons. The van der Waals surface area contributed by atoms with Gasteiger partial charge in [-0.25, -0.2) is 4.98 Å². The predicted molar refractivity (Wildman–Crippen MR) is 89.6 cm³/mol. The zero-order valence-corrected chi connectivity index (χ0v) is 12.8. The number of rotatable bonds is 7. The summed E-state index contributed by atoms with van der Waals surface area (Å²) in [5.41, 5.74) is 8.58. The Hall–Kier alpha value is -2.56. The van der Waals surface area contributed by atoms with Crippen LogP contribution in [0, 0.1) is 6.92 Å². The first kappa shape index (κ1) is 15.8. The predicted octanol–water partition coefficient (Wildman–Crippen LogP) is 2.13. The van der Waals surface area contributed by atoms with Crippen molar-refractivity contribution in [3.8, 4) is 0 Å². The lowest BCUT2D eigenvalue weighted by molar-refractivity contribution is -0.120. The van der Waals surface area contributed by atoms with Crippen LogP contribution in [0.2, 0.25) is 0 Å². The quantitative estimate of drug-likeness (QED) is 0.684. The maximum atomic E-state index is 11.8. The van der Waals surface area contributed by atoms with Crippen LogP contribution in [0.1, 0.15) is 17.5 Å². The summed E-state index contributed by atoms with van der Waals surface area (Å²) in [4.78, 5) is 16.0. The third-order valence-corrected chi connectivity index (χ3v) is 3.23. The number of hydrogen-bond acceptors (Lipinski definition) is 4. The molecule has 2 rings (SSSR count). The van der Waals surface area contributed by atoms with Gasteiger partial charge in [-0.2, -0.15) is 0 Å². The molecule has 0 aliphatic carbocycles. The summed E-state index contributed by atoms with van der Waals surface area (Å²) >= 11 is 0. The molecule has 0 saturated heterocycles. The van der Waals surface area contributed by atoms with Crippen molar-refractivity contribution < 1.29 is 4.79 Å². The summed E-state index contributed by atoms with van der Waals surface area (Å²) in [6.07, 6.45) is 3.01. The van der Waals surface area contributed by atoms with Gasteiger partial charge in [-0.3, -0.25) is 4.79 Å². The molecule has 1 amide bonds. The number of nitrogens with zero attached hydrogens (tertiary/aromatic N) is 1. The zero-order chi connectivity index (χ0) is 15.8. The molecule has 0 atom stereocenters. The average Bonchev–Trinajstić information content (AvgIpc) is 2.50. The lowest BCUT2D eigenvalue weighted by Gasteiger charge is -2.09. The number of carbonyl (C=O) groups excluding carboxylic acids is 1. The molecule has 0 saturated carbocycles. The molecular weight excluding hydrogens is 276 g/mol. The number of pyridine rings is 1. The molecule has 0 aliphatic heterocycles. The van der Waals surface area contributed by atoms with E-state index in [4.69, 9.17) is 5.73 Å². The van der Waals surface area contributed by atoms with Gasteiger partial charge >= 0.3 is 0 Å². The van der Waals surface area contributed by atoms with Crippen molar-refractivity contribution in [1.82, 2.24) is 10.3 Å². The summed E-state index contributed by atoms with van der Waals surface area (Å²) in [6.45, 7) is 3.30. The van der Waals surface area contributed by atoms with Crippen LogP contribution in [0.5, 0.6) is 0 Å². The molecule has 0 aliphatic rings. The Balaban J connectivity index is 1.64. The molecule has 5 heteroatoms. The molecule has 0 fully saturated rings. The number of amides is 1. The fraction of sp³-hybridized carbons (Fsp3) is 0.294. The minimum absolute atomic E-state index is 0.0409. The Kier molecular flexibility index (Phi) is 5.77. The maximum absolute atomic E-state index is 11.8. The molecular formula is C17H22N4O. The van der Waals surface area contributed by atoms with Gasteiger partial charge in [-0.1, -0.05) is 30.3 Å². The van der Waals surface area contributed by atoms with Gasteiger partial charge in [-0.05, 0) is 30.5 Å². The number of anilines is 2. The molecule has 22 heavy (non-hydrogen) atoms. The number of nitrogens with two attached hydrogens (primary N) is 1. The van der Waals surface area contributed by atoms with Crippen molar-refractivity contribution in [3.63, 3.8) is 0 Å². The molecule has 5 nitrogen and oxygen atoms in total. The summed E-state index contributed by atoms with van der Waals surface area (Å²) in [6, 6.07) is 11.6. The lowest BCUT2D eigenvalue weighted by atomic mass is 10.1. The molecule has 1 aromatic heterocycles. The highest BCUT2D eigenvalue weighted by atomic mass is 16.1. The van der Waals surface area contributed by atoms with E-state index >= 15 is 0 Å². The van der Waals surface area contributed by atoms with Gasteiger partial charge in [0.25, 0.3) is 0 Å². The summed E-state index contributed by atoms with van der Waals surface area (Å²) in [5, 5.41) is 6.09. The average molecular weight is 298 g/mol. The van der Waals surface area contributed by atoms with E-state index < -0.39 is 0 Å². The molecule has 4 N–H and O–H groups in total. The molecule has 2 aromatic rings. The molecule has 116 valence electrons. The van der Waals surface area contributed by atoms with Crippen LogP contribution in [-0.4, -0.2) is 24.0 Å². The number of benzene rings is 1. The molecule has 1 heterocycles. The van der Waals surface area contributed by atoms with Gasteiger partial charge in [0.15, 0.2) is 0 Å². The van der Waals surface area contributed by atoms with Crippen LogP contribution in [0.25, 0.3) is 0 Å². The summed E-state index contributed by atoms with van der Waals surface area (Å²) in [7, 11) is 0. The van der Waals surface area contributed by atoms with Gasteiger partial charge in [-0.15, -0.1) is 0 Å². The highest BCUT2D eigenvalue weighted by Gasteiger charge is 2.03. The van der Waals surface area contributed by atoms with Gasteiger partial charge in [0, 0.05) is 19.3 Å². The minimum atomic E-state index is 0.0409. The lowest BCUT2D eigenvalue weighted by Crippen LogP contribution is -2.27. The first-order valence-electron chi connectivity index (χ1n) is 7.42. The molecule has 0 bridgehead atoms. The van der Waals surface area contributed by atoms with E-state index in [1.54, 1.807) is 6.20 Å². The van der Waals surface area contributed by atoms with Gasteiger partial charge in [0.1, 0.15) is 5.82 Å². The van der Waals surface area contributed by atoms with E-state index in [1.165, 1.54) is 0 Å². The Bertz CT molecular complexity index is 613. The third kappa shape index (κ3) is 5.09. The fourth-order valence-electron chi connectivity index (χ4n) is 2.11. The third-order valence-electron chi connectivity index (χ3n) is 3.23. The second-order valence-electron chi connectivity index (χ2n) is 5.24. The van der Waals surface area contributed by atoms with Crippen LogP contribution in [0.3, 0.4) is 0 Å². The first-order chi connectivity index (χ1) is 10.6. The van der Waals surface area contributed by atoms with E-state index in [9.17, 15) is 4.79 Å². The second-order valence-corrected chi connectivity index (χ2v) is 5.24. The second kappa shape index (κ2) is 8.02. The van der Waals surface area contributed by atoms with Crippen molar-refractivity contribution >= 4 is 17.4 Å². The smallest absolute Gasteiger partial charge is 0.224 e. The van der Waals surface area contributed by atoms with Crippen LogP contribution in [-0.2, 0) is 11.2 Å². The molecule has 0 spiro atoms. The number of nitrogens with one attached hydrogen (secondary N) is 2. The van der Waals surface area contributed by atoms with E-state index in [-0.39, 0.29) is 5.91 Å². The van der Waals surface area contributed by atoms with Gasteiger partial charge in [0.2, 0.25) is 5.91 Å². The normalized spacial score (nSPS) is 10.2. The van der Waals surface area contributed by atoms with Crippen LogP contribution >= 0.6 is 0 Å². The van der Waals surface area contributed by atoms with Crippen molar-refractivity contribution in [2.75, 3.05) is 24.1 Å². The van der Waals surface area contributed by atoms with Gasteiger partial charge < -0.3 is 16.4 Å². The fourth-order valence-corrected chi connectivity index (χ4v) is 2.11. The van der Waals surface area contributed by atoms with E-state index in [0.717, 1.165) is 17.5 Å². The van der Waals surface area contributed by atoms with Crippen molar-refractivity contribution in [2.24, 2.45) is 0 Å². The van der Waals surface area contributed by atoms with Crippen molar-refractivity contribution in [3.05, 3.63) is 53.7 Å². The van der Waals surface area contributed by atoms with Crippen molar-refractivity contribution in [1.29, 1.82) is 0 Å². The monoisotopic (exact) mass is 298 g/mol. The Labute approximate surface area is 130 Å². The van der Waals surface area contributed by atoms with E-state index in [2.05, 4.69) is 15.6 Å². The first-order valence-corrected chi connectivity index (χ1v) is 7.42. The number of carbonyl (C=O) groups is 1. The Morgan fingerprint density at radius 2 is 2.00 bits per heavy atom. The van der Waals surface area contributed by atoms with Crippen molar-refractivity contribution in [2.45, 2.75) is 19.8 Å². The van der Waals surface area contributed by atoms with E-state index in [0.29, 0.717) is 31.0 Å². The summed E-state index contributed by atoms with van der Waals surface area (Å²) in [5.74, 6) is 0.736. The van der Waals surface area contributed by atoms with Crippen LogP contribution in [0.15, 0.2) is 42.6 Å². The number of aromatic nitrogens is 1. The standard InChI is InChI=1S/C17H22N4O/c1-13-10-15(18)17(21-12-13)20-9-5-8-19-16(22)11-14-6-3-2-4-7-14/h2-4,6-7,10,12H,5,8-9,11,18H2,1H3,(H,19,22)(H,20,21). The number of aryl methyl sites for hydroxylation is 1. The minimum Gasteiger partial charge on any atom is -0.396 e. The molecule has 1 aromatic carbocycles. The maximum Gasteiger partial charge on any atom is 0.224 e. The van der Waals surface area contributed by atoms with Crippen LogP contribution in [0.4, 0.5) is 11.5 Å². The summed E-state index contributed by atoms with van der Waals surface area (Å²) < 4.78 is 0. The highest BCUT2D eigenvalue weighted by molar-refractivity contribution is 5.78. The topological polar surface area (TPSA) is 80.0 Å². The largest absolute Gasteiger partial charge is 0.396 e. The molecule has 0 unspecified atom stereocenters. The van der Waals surface area contributed by atoms with E-state index in [1.807, 2.05) is 43.3 Å². The number of nitrogen functional groups attached to an aromatic ring is 1. The zero-order valence-electron chi connectivity index (χ0n) is 12.8. The van der Waals surface area contributed by atoms with Gasteiger partial charge in [0.05, 0.1) is 12.1 Å². The van der Waals surface area contributed by atoms with Crippen LogP contribution < -0.4 is 16.4 Å². The Morgan fingerprint density at radius 3 is 2.73 bits per heavy atom. The highest BCUT2D eigenvalue weighted by Crippen LogP contribution is 2.15. The Morgan fingerprint density at radius 1 is 1.23 bits per heavy atom. The number of hydrogen-bond donors (Lipinski definition) is 3.